The summed E-state index contributed by atoms with van der Waals surface area (Å²) in [6.07, 6.45) is 0. The van der Waals surface area contributed by atoms with E-state index in [2.05, 4.69) is 52.9 Å². The fraction of sp³-hybridized carbons (Fsp3) is 0.160. The summed E-state index contributed by atoms with van der Waals surface area (Å²) in [6, 6.07) is 24.5. The molecule has 0 fully saturated rings. The van der Waals surface area contributed by atoms with E-state index in [1.807, 2.05) is 54.6 Å². The Labute approximate surface area is 228 Å². The number of benzene rings is 3. The number of aromatic nitrogens is 4. The maximum absolute atomic E-state index is 13.1. The Morgan fingerprint density at radius 1 is 1.05 bits per heavy atom. The number of nitrogens with one attached hydrogen (secondary N) is 2. The second-order valence-corrected chi connectivity index (χ2v) is 10.6. The maximum Gasteiger partial charge on any atom is 0.285 e. The monoisotopic (exact) mass is 626 g/mol. The molecule has 1 aromatic heterocycles. The topological polar surface area (TPSA) is 129 Å². The van der Waals surface area contributed by atoms with Gasteiger partial charge < -0.3 is 5.32 Å². The Bertz CT molecular complexity index is 1520. The van der Waals surface area contributed by atoms with Gasteiger partial charge in [0.25, 0.3) is 10.0 Å². The highest BCUT2D eigenvalue weighted by molar-refractivity contribution is 14.1. The molecule has 2 heterocycles. The molecular formula is C25H23IN8O2S. The van der Waals surface area contributed by atoms with Crippen LogP contribution in [-0.2, 0) is 14.5 Å². The first-order valence-corrected chi connectivity index (χ1v) is 14.4. The molecule has 1 atom stereocenters. The van der Waals surface area contributed by atoms with Crippen molar-refractivity contribution in [2.24, 2.45) is 9.50 Å². The second-order valence-electron chi connectivity index (χ2n) is 8.26. The minimum Gasteiger partial charge on any atom is -0.357 e. The predicted molar refractivity (Wildman–Crippen MR) is 150 cm³/mol. The first-order chi connectivity index (χ1) is 18.0. The van der Waals surface area contributed by atoms with E-state index in [-0.39, 0.29) is 16.8 Å². The lowest BCUT2D eigenvalue weighted by Crippen LogP contribution is -2.36. The average Bonchev–Trinajstić information content (AvgIpc) is 3.63. The molecule has 1 aliphatic rings. The second kappa shape index (κ2) is 10.8. The number of sulfonamides is 1. The quantitative estimate of drug-likeness (QED) is 0.145. The molecule has 2 N–H and O–H groups in total. The Morgan fingerprint density at radius 2 is 1.76 bits per heavy atom. The van der Waals surface area contributed by atoms with Crippen molar-refractivity contribution >= 4 is 44.3 Å². The third-order valence-corrected chi connectivity index (χ3v) is 8.11. The van der Waals surface area contributed by atoms with Crippen LogP contribution in [0.3, 0.4) is 0 Å². The van der Waals surface area contributed by atoms with E-state index in [4.69, 9.17) is 5.10 Å². The SMILES string of the molecule is CN/C(=N\S(=O)(=O)c1ccc(CI)cc1)N1CC(c2ccccc2)C(c2ccc(-c3nn[nH]n3)cc2)=N1. The van der Waals surface area contributed by atoms with Gasteiger partial charge in [0.2, 0.25) is 11.8 Å². The largest absolute Gasteiger partial charge is 0.357 e. The van der Waals surface area contributed by atoms with Crippen molar-refractivity contribution in [3.63, 3.8) is 0 Å². The molecule has 0 amide bonds. The molecule has 4 aromatic rings. The van der Waals surface area contributed by atoms with Gasteiger partial charge in [0, 0.05) is 23.0 Å². The molecule has 3 aromatic carbocycles. The summed E-state index contributed by atoms with van der Waals surface area (Å²) in [5, 5.41) is 23.5. The van der Waals surface area contributed by atoms with Gasteiger partial charge in [-0.25, -0.2) is 5.01 Å². The summed E-state index contributed by atoms with van der Waals surface area (Å²) in [5.41, 5.74) is 4.64. The normalized spacial score (nSPS) is 16.1. The summed E-state index contributed by atoms with van der Waals surface area (Å²) in [7, 11) is -2.30. The standard InChI is InChI=1S/C25H23IN8O2S/c1-27-25(31-37(35,36)21-13-7-17(15-26)8-14-21)34-16-22(18-5-3-2-4-6-18)23(30-34)19-9-11-20(12-10-19)24-28-32-33-29-24/h2-14,22H,15-16H2,1H3,(H,27,31)(H,28,29,32,33). The minimum absolute atomic E-state index is 0.0959. The number of tetrazole rings is 1. The van der Waals surface area contributed by atoms with Crippen molar-refractivity contribution in [1.29, 1.82) is 0 Å². The highest BCUT2D eigenvalue weighted by Crippen LogP contribution is 2.30. The summed E-state index contributed by atoms with van der Waals surface area (Å²) in [6.45, 7) is 0.426. The van der Waals surface area contributed by atoms with Gasteiger partial charge in [-0.15, -0.1) is 14.6 Å². The summed E-state index contributed by atoms with van der Waals surface area (Å²) >= 11 is 2.24. The number of H-pyrrole nitrogens is 1. The van der Waals surface area contributed by atoms with Gasteiger partial charge in [-0.2, -0.15) is 18.7 Å². The van der Waals surface area contributed by atoms with Crippen molar-refractivity contribution < 1.29 is 8.42 Å². The van der Waals surface area contributed by atoms with Crippen LogP contribution in [0.2, 0.25) is 0 Å². The van der Waals surface area contributed by atoms with Gasteiger partial charge in [-0.1, -0.05) is 89.3 Å². The van der Waals surface area contributed by atoms with Crippen LogP contribution in [0.1, 0.15) is 22.6 Å². The zero-order valence-electron chi connectivity index (χ0n) is 19.8. The molecule has 1 aliphatic heterocycles. The molecule has 0 saturated heterocycles. The summed E-state index contributed by atoms with van der Waals surface area (Å²) in [4.78, 5) is 0.133. The van der Waals surface area contributed by atoms with Gasteiger partial charge in [0.1, 0.15) is 0 Å². The molecule has 1 unspecified atom stereocenters. The van der Waals surface area contributed by atoms with E-state index < -0.39 is 10.0 Å². The van der Waals surface area contributed by atoms with Crippen LogP contribution >= 0.6 is 22.6 Å². The number of halogens is 1. The van der Waals surface area contributed by atoms with Crippen LogP contribution in [-0.4, -0.2) is 59.3 Å². The van der Waals surface area contributed by atoms with E-state index in [1.54, 1.807) is 36.3 Å². The highest BCUT2D eigenvalue weighted by atomic mass is 127. The lowest BCUT2D eigenvalue weighted by atomic mass is 9.90. The zero-order chi connectivity index (χ0) is 25.8. The Morgan fingerprint density at radius 3 is 2.38 bits per heavy atom. The minimum atomic E-state index is -3.94. The molecule has 0 bridgehead atoms. The van der Waals surface area contributed by atoms with Crippen molar-refractivity contribution in [2.75, 3.05) is 13.6 Å². The number of rotatable bonds is 6. The third kappa shape index (κ3) is 5.39. The molecule has 5 rings (SSSR count). The van der Waals surface area contributed by atoms with Crippen LogP contribution < -0.4 is 5.32 Å². The van der Waals surface area contributed by atoms with Gasteiger partial charge in [0.15, 0.2) is 0 Å². The van der Waals surface area contributed by atoms with Crippen LogP contribution in [0.4, 0.5) is 0 Å². The van der Waals surface area contributed by atoms with E-state index in [0.717, 1.165) is 32.4 Å². The highest BCUT2D eigenvalue weighted by Gasteiger charge is 2.32. The van der Waals surface area contributed by atoms with Crippen LogP contribution in [0.25, 0.3) is 11.4 Å². The van der Waals surface area contributed by atoms with Crippen molar-refractivity contribution in [3.8, 4) is 11.4 Å². The van der Waals surface area contributed by atoms with E-state index in [0.29, 0.717) is 12.4 Å². The van der Waals surface area contributed by atoms with Crippen LogP contribution in [0.15, 0.2) is 93.3 Å². The van der Waals surface area contributed by atoms with E-state index in [9.17, 15) is 8.42 Å². The van der Waals surface area contributed by atoms with E-state index in [1.165, 1.54) is 0 Å². The van der Waals surface area contributed by atoms with Crippen LogP contribution in [0.5, 0.6) is 0 Å². The zero-order valence-corrected chi connectivity index (χ0v) is 22.8. The average molecular weight is 626 g/mol. The fourth-order valence-electron chi connectivity index (χ4n) is 4.05. The van der Waals surface area contributed by atoms with Crippen LogP contribution in [0, 0.1) is 0 Å². The summed E-state index contributed by atoms with van der Waals surface area (Å²) in [5.74, 6) is 0.557. The Hall–Kier alpha value is -3.65. The number of alkyl halides is 1. The molecule has 188 valence electrons. The third-order valence-electron chi connectivity index (χ3n) is 5.95. The number of hydrogen-bond donors (Lipinski definition) is 2. The smallest absolute Gasteiger partial charge is 0.285 e. The Kier molecular flexibility index (Phi) is 7.28. The lowest BCUT2D eigenvalue weighted by molar-refractivity contribution is 0.460. The van der Waals surface area contributed by atoms with Crippen molar-refractivity contribution in [1.82, 2.24) is 30.9 Å². The first kappa shape index (κ1) is 25.0. The van der Waals surface area contributed by atoms with Gasteiger partial charge in [-0.05, 0) is 34.0 Å². The number of hydrogen-bond acceptors (Lipinski definition) is 6. The fourth-order valence-corrected chi connectivity index (χ4v) is 5.56. The molecule has 37 heavy (non-hydrogen) atoms. The molecule has 0 aliphatic carbocycles. The molecule has 0 saturated carbocycles. The maximum atomic E-state index is 13.1. The number of guanidine groups is 1. The first-order valence-electron chi connectivity index (χ1n) is 11.4. The number of aromatic amines is 1. The van der Waals surface area contributed by atoms with Gasteiger partial charge >= 0.3 is 0 Å². The van der Waals surface area contributed by atoms with E-state index >= 15 is 0 Å². The van der Waals surface area contributed by atoms with Crippen molar-refractivity contribution in [2.45, 2.75) is 15.2 Å². The van der Waals surface area contributed by atoms with Crippen molar-refractivity contribution in [3.05, 3.63) is 95.6 Å². The number of nitrogens with zero attached hydrogens (tertiary/aromatic N) is 6. The molecule has 0 spiro atoms. The molecule has 12 heteroatoms. The summed E-state index contributed by atoms with van der Waals surface area (Å²) < 4.78 is 31.1. The molecule has 10 nitrogen and oxygen atoms in total. The lowest BCUT2D eigenvalue weighted by Gasteiger charge is -2.18. The van der Waals surface area contributed by atoms with Gasteiger partial charge in [-0.3, -0.25) is 0 Å². The predicted octanol–water partition coefficient (Wildman–Crippen LogP) is 3.57. The Balaban J connectivity index is 1.50. The van der Waals surface area contributed by atoms with Gasteiger partial charge in [0.05, 0.1) is 17.2 Å². The number of hydrazone groups is 1. The molecule has 0 radical (unpaired) electrons. The molecular weight excluding hydrogens is 603 g/mol.